The van der Waals surface area contributed by atoms with Crippen molar-refractivity contribution < 1.29 is 14.5 Å². The highest BCUT2D eigenvalue weighted by atomic mass is 16.6. The number of carbonyl (C=O) groups is 1. The van der Waals surface area contributed by atoms with Crippen LogP contribution in [0.25, 0.3) is 5.69 Å². The summed E-state index contributed by atoms with van der Waals surface area (Å²) in [6.45, 7) is 1.66. The van der Waals surface area contributed by atoms with E-state index in [1.54, 1.807) is 43.3 Å². The number of hydrogen-bond acceptors (Lipinski definition) is 7. The minimum Gasteiger partial charge on any atom is -0.454 e. The average Bonchev–Trinajstić information content (AvgIpc) is 3.16. The molecule has 0 N–H and O–H groups in total. The third kappa shape index (κ3) is 3.66. The molecule has 0 saturated heterocycles. The van der Waals surface area contributed by atoms with Crippen LogP contribution in [0.3, 0.4) is 0 Å². The predicted molar refractivity (Wildman–Crippen MR) is 86.1 cm³/mol. The first kappa shape index (κ1) is 16.2. The molecule has 0 bridgehead atoms. The van der Waals surface area contributed by atoms with Crippen molar-refractivity contribution in [3.8, 4) is 5.69 Å². The molecule has 0 radical (unpaired) electrons. The molecule has 0 aliphatic carbocycles. The smallest absolute Gasteiger partial charge is 0.338 e. The molecule has 1 atom stereocenters. The summed E-state index contributed by atoms with van der Waals surface area (Å²) < 4.78 is 6.84. The second-order valence-electron chi connectivity index (χ2n) is 5.20. The van der Waals surface area contributed by atoms with E-state index in [1.165, 1.54) is 23.1 Å². The maximum Gasteiger partial charge on any atom is 0.338 e. The molecule has 126 valence electrons. The molecule has 1 aromatic heterocycles. The van der Waals surface area contributed by atoms with Gasteiger partial charge in [0.25, 0.3) is 5.69 Å². The van der Waals surface area contributed by atoms with Crippen LogP contribution in [0.4, 0.5) is 5.69 Å². The van der Waals surface area contributed by atoms with Crippen LogP contribution in [0.15, 0.2) is 54.9 Å². The molecule has 0 aliphatic heterocycles. The number of tetrazole rings is 1. The summed E-state index contributed by atoms with van der Waals surface area (Å²) >= 11 is 0. The number of nitro groups is 1. The fourth-order valence-corrected chi connectivity index (χ4v) is 2.22. The Balaban J connectivity index is 1.71. The van der Waals surface area contributed by atoms with Crippen molar-refractivity contribution in [2.45, 2.75) is 13.0 Å². The number of rotatable bonds is 5. The van der Waals surface area contributed by atoms with Gasteiger partial charge < -0.3 is 4.74 Å². The molecule has 0 fully saturated rings. The number of aromatic nitrogens is 4. The molecule has 9 heteroatoms. The molecule has 25 heavy (non-hydrogen) atoms. The summed E-state index contributed by atoms with van der Waals surface area (Å²) in [5, 5.41) is 21.7. The van der Waals surface area contributed by atoms with Gasteiger partial charge in [-0.05, 0) is 47.2 Å². The van der Waals surface area contributed by atoms with Gasteiger partial charge in [-0.2, -0.15) is 0 Å². The van der Waals surface area contributed by atoms with Gasteiger partial charge in [-0.25, -0.2) is 9.48 Å². The van der Waals surface area contributed by atoms with Crippen LogP contribution in [0.5, 0.6) is 0 Å². The van der Waals surface area contributed by atoms with Crippen LogP contribution in [0.2, 0.25) is 0 Å². The number of nitrogens with zero attached hydrogens (tertiary/aromatic N) is 5. The Hall–Kier alpha value is -3.62. The third-order valence-corrected chi connectivity index (χ3v) is 3.55. The lowest BCUT2D eigenvalue weighted by atomic mass is 10.1. The topological polar surface area (TPSA) is 113 Å². The maximum atomic E-state index is 12.2. The predicted octanol–water partition coefficient (Wildman–Crippen LogP) is 2.49. The van der Waals surface area contributed by atoms with E-state index in [-0.39, 0.29) is 5.69 Å². The van der Waals surface area contributed by atoms with Crippen molar-refractivity contribution in [1.29, 1.82) is 0 Å². The Bertz CT molecular complexity index is 893. The maximum absolute atomic E-state index is 12.2. The van der Waals surface area contributed by atoms with E-state index in [4.69, 9.17) is 4.74 Å². The summed E-state index contributed by atoms with van der Waals surface area (Å²) in [4.78, 5) is 22.6. The number of ether oxygens (including phenoxy) is 1. The Morgan fingerprint density at radius 3 is 2.64 bits per heavy atom. The summed E-state index contributed by atoms with van der Waals surface area (Å²) in [6.07, 6.45) is 0.823. The van der Waals surface area contributed by atoms with Gasteiger partial charge in [-0.1, -0.05) is 12.1 Å². The standard InChI is InChI=1S/C16H13N5O4/c1-11(13-3-2-4-15(9-13)21(23)24)25-16(22)12-5-7-14(8-6-12)20-10-17-18-19-20/h2-11H,1H3/t11-/m1/s1. The average molecular weight is 339 g/mol. The van der Waals surface area contributed by atoms with Crippen molar-refractivity contribution in [3.05, 3.63) is 76.1 Å². The normalized spacial score (nSPS) is 11.7. The zero-order chi connectivity index (χ0) is 17.8. The van der Waals surface area contributed by atoms with Gasteiger partial charge in [0.15, 0.2) is 0 Å². The van der Waals surface area contributed by atoms with Gasteiger partial charge in [-0.3, -0.25) is 10.1 Å². The summed E-state index contributed by atoms with van der Waals surface area (Å²) in [7, 11) is 0. The molecule has 0 unspecified atom stereocenters. The second-order valence-corrected chi connectivity index (χ2v) is 5.20. The van der Waals surface area contributed by atoms with E-state index < -0.39 is 17.0 Å². The van der Waals surface area contributed by atoms with Crippen LogP contribution in [-0.2, 0) is 4.74 Å². The van der Waals surface area contributed by atoms with E-state index in [0.29, 0.717) is 16.8 Å². The molecule has 0 aliphatic rings. The SMILES string of the molecule is C[C@@H](OC(=O)c1ccc(-n2cnnn2)cc1)c1cccc([N+](=O)[O-])c1. The lowest BCUT2D eigenvalue weighted by molar-refractivity contribution is -0.385. The van der Waals surface area contributed by atoms with Crippen molar-refractivity contribution in [3.63, 3.8) is 0 Å². The van der Waals surface area contributed by atoms with E-state index in [9.17, 15) is 14.9 Å². The zero-order valence-electron chi connectivity index (χ0n) is 13.1. The minimum absolute atomic E-state index is 0.0498. The largest absolute Gasteiger partial charge is 0.454 e. The summed E-state index contributed by atoms with van der Waals surface area (Å²) in [5.41, 5.74) is 1.56. The lowest BCUT2D eigenvalue weighted by Gasteiger charge is -2.13. The Kier molecular flexibility index (Phi) is 4.46. The Morgan fingerprint density at radius 1 is 1.24 bits per heavy atom. The van der Waals surface area contributed by atoms with Gasteiger partial charge in [0, 0.05) is 12.1 Å². The molecule has 3 aromatic rings. The van der Waals surface area contributed by atoms with Crippen LogP contribution in [0.1, 0.15) is 28.9 Å². The van der Waals surface area contributed by atoms with Gasteiger partial charge in [0.1, 0.15) is 12.4 Å². The fourth-order valence-electron chi connectivity index (χ4n) is 2.22. The summed E-state index contributed by atoms with van der Waals surface area (Å²) in [5.74, 6) is -0.526. The van der Waals surface area contributed by atoms with Crippen LogP contribution < -0.4 is 0 Å². The number of carbonyl (C=O) groups excluding carboxylic acids is 1. The summed E-state index contributed by atoms with van der Waals surface area (Å²) in [6, 6.07) is 12.6. The highest BCUT2D eigenvalue weighted by Crippen LogP contribution is 2.23. The molecule has 1 heterocycles. The molecule has 2 aromatic carbocycles. The first-order valence-corrected chi connectivity index (χ1v) is 7.33. The number of hydrogen-bond donors (Lipinski definition) is 0. The van der Waals surface area contributed by atoms with Crippen LogP contribution >= 0.6 is 0 Å². The number of benzene rings is 2. The van der Waals surface area contributed by atoms with Crippen molar-refractivity contribution in [2.75, 3.05) is 0 Å². The zero-order valence-corrected chi connectivity index (χ0v) is 13.1. The van der Waals surface area contributed by atoms with Crippen LogP contribution in [0, 0.1) is 10.1 Å². The van der Waals surface area contributed by atoms with E-state index in [0.717, 1.165) is 0 Å². The number of esters is 1. The molecular weight excluding hydrogens is 326 g/mol. The monoisotopic (exact) mass is 339 g/mol. The highest BCUT2D eigenvalue weighted by Gasteiger charge is 2.16. The first-order valence-electron chi connectivity index (χ1n) is 7.33. The Labute approximate surface area is 142 Å². The quantitative estimate of drug-likeness (QED) is 0.398. The molecule has 3 rings (SSSR count). The van der Waals surface area contributed by atoms with Gasteiger partial charge >= 0.3 is 5.97 Å². The molecule has 9 nitrogen and oxygen atoms in total. The van der Waals surface area contributed by atoms with E-state index >= 15 is 0 Å². The van der Waals surface area contributed by atoms with Crippen molar-refractivity contribution in [1.82, 2.24) is 20.2 Å². The van der Waals surface area contributed by atoms with Gasteiger partial charge in [0.05, 0.1) is 16.2 Å². The Morgan fingerprint density at radius 2 is 2.00 bits per heavy atom. The lowest BCUT2D eigenvalue weighted by Crippen LogP contribution is -2.09. The molecule has 0 spiro atoms. The number of nitro benzene ring substituents is 1. The highest BCUT2D eigenvalue weighted by molar-refractivity contribution is 5.89. The van der Waals surface area contributed by atoms with E-state index in [1.807, 2.05) is 0 Å². The molecule has 0 amide bonds. The van der Waals surface area contributed by atoms with Crippen molar-refractivity contribution in [2.24, 2.45) is 0 Å². The van der Waals surface area contributed by atoms with Crippen LogP contribution in [-0.4, -0.2) is 31.1 Å². The number of non-ortho nitro benzene ring substituents is 1. The van der Waals surface area contributed by atoms with Gasteiger partial charge in [0.2, 0.25) is 0 Å². The minimum atomic E-state index is -0.619. The third-order valence-electron chi connectivity index (χ3n) is 3.55. The first-order chi connectivity index (χ1) is 12.0. The van der Waals surface area contributed by atoms with Crippen molar-refractivity contribution >= 4 is 11.7 Å². The van der Waals surface area contributed by atoms with Gasteiger partial charge in [-0.15, -0.1) is 5.10 Å². The van der Waals surface area contributed by atoms with E-state index in [2.05, 4.69) is 15.5 Å². The molecular formula is C16H13N5O4. The fraction of sp³-hybridized carbons (Fsp3) is 0.125. The second kappa shape index (κ2) is 6.87. The molecule has 0 saturated carbocycles.